The number of amides is 1. The maximum atomic E-state index is 13.6. The van der Waals surface area contributed by atoms with E-state index in [1.54, 1.807) is 49.2 Å². The molecule has 6 nitrogen and oxygen atoms in total. The molecule has 1 heterocycles. The van der Waals surface area contributed by atoms with Gasteiger partial charge < -0.3 is 14.8 Å². The molecule has 0 aliphatic heterocycles. The molecular formula is C28H28F3N3O3. The van der Waals surface area contributed by atoms with E-state index in [4.69, 9.17) is 9.47 Å². The molecule has 4 rings (SSSR count). The summed E-state index contributed by atoms with van der Waals surface area (Å²) in [6.07, 6.45) is 0.879. The molecule has 0 spiro atoms. The van der Waals surface area contributed by atoms with Crippen molar-refractivity contribution >= 4 is 16.8 Å². The predicted molar refractivity (Wildman–Crippen MR) is 135 cm³/mol. The molecule has 1 N–H and O–H groups in total. The van der Waals surface area contributed by atoms with Crippen molar-refractivity contribution in [2.75, 3.05) is 7.11 Å². The average molecular weight is 512 g/mol. The molecule has 4 aromatic rings. The number of carbonyl (C=O) groups is 1. The van der Waals surface area contributed by atoms with Crippen LogP contribution in [-0.4, -0.2) is 34.8 Å². The topological polar surface area (TPSA) is 65.4 Å². The Hall–Kier alpha value is -4.01. The number of alkyl halides is 2. The van der Waals surface area contributed by atoms with E-state index in [2.05, 4.69) is 10.4 Å². The highest BCUT2D eigenvalue weighted by Crippen LogP contribution is 2.33. The van der Waals surface area contributed by atoms with Crippen molar-refractivity contribution in [2.24, 2.45) is 0 Å². The number of nitrogens with zero attached hydrogens (tertiary/aromatic N) is 2. The molecule has 1 aromatic heterocycles. The first-order valence-electron chi connectivity index (χ1n) is 11.7. The smallest absolute Gasteiger partial charge is 0.321 e. The Kier molecular flexibility index (Phi) is 7.16. The molecule has 1 amide bonds. The summed E-state index contributed by atoms with van der Waals surface area (Å²) in [5.74, 6) is -4.07. The molecule has 0 unspecified atom stereocenters. The molecule has 9 heteroatoms. The Morgan fingerprint density at radius 1 is 1.05 bits per heavy atom. The van der Waals surface area contributed by atoms with Gasteiger partial charge in [0.25, 0.3) is 5.91 Å². The van der Waals surface area contributed by atoms with Gasteiger partial charge in [0.15, 0.2) is 0 Å². The molecule has 0 bridgehead atoms. The van der Waals surface area contributed by atoms with Crippen molar-refractivity contribution in [1.29, 1.82) is 0 Å². The molecule has 3 aromatic carbocycles. The van der Waals surface area contributed by atoms with Gasteiger partial charge in [0.1, 0.15) is 23.4 Å². The van der Waals surface area contributed by atoms with Crippen LogP contribution in [0.25, 0.3) is 16.6 Å². The number of hydrogen-bond donors (Lipinski definition) is 1. The van der Waals surface area contributed by atoms with Crippen LogP contribution in [0.2, 0.25) is 0 Å². The van der Waals surface area contributed by atoms with Gasteiger partial charge in [-0.05, 0) is 92.1 Å². The van der Waals surface area contributed by atoms with Crippen LogP contribution in [0, 0.1) is 19.7 Å². The first-order valence-corrected chi connectivity index (χ1v) is 11.7. The average Bonchev–Trinajstić information content (AvgIpc) is 3.25. The lowest BCUT2D eigenvalue weighted by molar-refractivity contribution is -0.144. The van der Waals surface area contributed by atoms with Gasteiger partial charge in [-0.25, -0.2) is 9.07 Å². The number of rotatable bonds is 8. The lowest BCUT2D eigenvalue weighted by atomic mass is 9.97. The van der Waals surface area contributed by atoms with Crippen molar-refractivity contribution in [1.82, 2.24) is 15.1 Å². The van der Waals surface area contributed by atoms with E-state index in [0.717, 1.165) is 22.0 Å². The summed E-state index contributed by atoms with van der Waals surface area (Å²) in [5.41, 5.74) is 3.87. The maximum absolute atomic E-state index is 13.6. The summed E-state index contributed by atoms with van der Waals surface area (Å²) in [6.45, 7) is 5.94. The minimum atomic E-state index is -3.53. The predicted octanol–water partition coefficient (Wildman–Crippen LogP) is 6.07. The standard InChI is InChI=1S/C28H28F3N3O3/c1-16-12-19(13-17(2)25(16)36-5)26(18(3)33-27(35)28(4,30)31)37-23-10-11-24-20(14-23)15-32-34(24)22-8-6-21(29)7-9-22/h6-15,18,26H,1-5H3,(H,33,35)/t18-,26+/m0/s1. The molecule has 0 saturated heterocycles. The summed E-state index contributed by atoms with van der Waals surface area (Å²) >= 11 is 0. The van der Waals surface area contributed by atoms with Crippen LogP contribution in [0.5, 0.6) is 11.5 Å². The summed E-state index contributed by atoms with van der Waals surface area (Å²) in [7, 11) is 1.58. The minimum absolute atomic E-state index is 0.340. The third-order valence-corrected chi connectivity index (χ3v) is 6.10. The number of aromatic nitrogens is 2. The van der Waals surface area contributed by atoms with Crippen molar-refractivity contribution in [2.45, 2.75) is 45.8 Å². The third kappa shape index (κ3) is 5.55. The first-order chi connectivity index (χ1) is 17.5. The van der Waals surface area contributed by atoms with Crippen LogP contribution in [0.3, 0.4) is 0 Å². The second-order valence-electron chi connectivity index (χ2n) is 9.13. The number of halogens is 3. The van der Waals surface area contributed by atoms with Gasteiger partial charge in [0, 0.05) is 12.3 Å². The summed E-state index contributed by atoms with van der Waals surface area (Å²) in [6, 6.07) is 14.2. The van der Waals surface area contributed by atoms with Gasteiger partial charge in [0.05, 0.1) is 30.6 Å². The monoisotopic (exact) mass is 511 g/mol. The fourth-order valence-electron chi connectivity index (χ4n) is 4.36. The van der Waals surface area contributed by atoms with E-state index >= 15 is 0 Å². The maximum Gasteiger partial charge on any atom is 0.321 e. The zero-order valence-electron chi connectivity index (χ0n) is 21.2. The molecule has 0 radical (unpaired) electrons. The summed E-state index contributed by atoms with van der Waals surface area (Å²) in [4.78, 5) is 12.1. The van der Waals surface area contributed by atoms with Crippen LogP contribution >= 0.6 is 0 Å². The summed E-state index contributed by atoms with van der Waals surface area (Å²) in [5, 5.41) is 7.55. The quantitative estimate of drug-likeness (QED) is 0.312. The summed E-state index contributed by atoms with van der Waals surface area (Å²) < 4.78 is 54.1. The third-order valence-electron chi connectivity index (χ3n) is 6.10. The Bertz CT molecular complexity index is 1410. The molecule has 0 aliphatic carbocycles. The highest BCUT2D eigenvalue weighted by atomic mass is 19.3. The van der Waals surface area contributed by atoms with Crippen molar-refractivity contribution in [3.8, 4) is 17.2 Å². The highest BCUT2D eigenvalue weighted by molar-refractivity contribution is 5.83. The van der Waals surface area contributed by atoms with Crippen LogP contribution in [0.4, 0.5) is 13.2 Å². The second kappa shape index (κ2) is 10.2. The molecule has 0 saturated carbocycles. The van der Waals surface area contributed by atoms with Crippen LogP contribution in [0.1, 0.15) is 36.6 Å². The lowest BCUT2D eigenvalue weighted by Crippen LogP contribution is -2.46. The van der Waals surface area contributed by atoms with Crippen molar-refractivity contribution < 1.29 is 27.4 Å². The molecule has 2 atom stereocenters. The molecule has 37 heavy (non-hydrogen) atoms. The number of nitrogens with one attached hydrogen (secondary N) is 1. The van der Waals surface area contributed by atoms with Crippen LogP contribution < -0.4 is 14.8 Å². The van der Waals surface area contributed by atoms with Crippen molar-refractivity contribution in [3.63, 3.8) is 0 Å². The van der Waals surface area contributed by atoms with E-state index in [0.29, 0.717) is 29.7 Å². The van der Waals surface area contributed by atoms with Gasteiger partial charge in [-0.15, -0.1) is 0 Å². The molecule has 0 fully saturated rings. The van der Waals surface area contributed by atoms with Crippen molar-refractivity contribution in [3.05, 3.63) is 83.3 Å². The minimum Gasteiger partial charge on any atom is -0.496 e. The molecule has 0 aliphatic rings. The van der Waals surface area contributed by atoms with E-state index in [1.165, 1.54) is 12.1 Å². The van der Waals surface area contributed by atoms with E-state index < -0.39 is 24.0 Å². The van der Waals surface area contributed by atoms with E-state index in [-0.39, 0.29) is 5.82 Å². The normalized spacial score (nSPS) is 13.3. The van der Waals surface area contributed by atoms with Gasteiger partial charge in [0.2, 0.25) is 0 Å². The van der Waals surface area contributed by atoms with Gasteiger partial charge in [-0.3, -0.25) is 4.79 Å². The van der Waals surface area contributed by atoms with E-state index in [9.17, 15) is 18.0 Å². The fraction of sp³-hybridized carbons (Fsp3) is 0.286. The highest BCUT2D eigenvalue weighted by Gasteiger charge is 2.35. The first kappa shape index (κ1) is 26.1. The second-order valence-corrected chi connectivity index (χ2v) is 9.13. The van der Waals surface area contributed by atoms with Gasteiger partial charge in [-0.1, -0.05) is 0 Å². The Labute approximate surface area is 213 Å². The lowest BCUT2D eigenvalue weighted by Gasteiger charge is -2.28. The number of methoxy groups -OCH3 is 1. The SMILES string of the molecule is COc1c(C)cc([C@H](Oc2ccc3c(cnn3-c3ccc(F)cc3)c2)[C@H](C)NC(=O)C(C)(F)F)cc1C. The van der Waals surface area contributed by atoms with E-state index in [1.807, 2.05) is 32.0 Å². The van der Waals surface area contributed by atoms with Gasteiger partial charge >= 0.3 is 5.92 Å². The largest absolute Gasteiger partial charge is 0.496 e. The number of ether oxygens (including phenoxy) is 2. The molecular weight excluding hydrogens is 483 g/mol. The Morgan fingerprint density at radius 2 is 1.70 bits per heavy atom. The van der Waals surface area contributed by atoms with Crippen LogP contribution in [0.15, 0.2) is 60.8 Å². The molecule has 194 valence electrons. The van der Waals surface area contributed by atoms with Crippen LogP contribution in [-0.2, 0) is 4.79 Å². The Balaban J connectivity index is 1.69. The fourth-order valence-corrected chi connectivity index (χ4v) is 4.36. The number of fused-ring (bicyclic) bond motifs is 1. The zero-order valence-corrected chi connectivity index (χ0v) is 21.2. The number of aryl methyl sites for hydroxylation is 2. The zero-order chi connectivity index (χ0) is 26.9. The number of carbonyl (C=O) groups excluding carboxylic acids is 1. The van der Waals surface area contributed by atoms with Gasteiger partial charge in [-0.2, -0.15) is 13.9 Å². The number of benzene rings is 3. The number of hydrogen-bond acceptors (Lipinski definition) is 4. The Morgan fingerprint density at radius 3 is 2.30 bits per heavy atom.